The Morgan fingerprint density at radius 2 is 1.75 bits per heavy atom. The van der Waals surface area contributed by atoms with E-state index in [1.54, 1.807) is 6.07 Å². The first-order chi connectivity index (χ1) is 15.3. The Bertz CT molecular complexity index is 1380. The van der Waals surface area contributed by atoms with Gasteiger partial charge in [0.1, 0.15) is 15.7 Å². The Morgan fingerprint density at radius 3 is 2.47 bits per heavy atom. The quantitative estimate of drug-likeness (QED) is 0.452. The number of hydrogen-bond acceptors (Lipinski definition) is 6. The van der Waals surface area contributed by atoms with Gasteiger partial charge in [-0.15, -0.1) is 11.3 Å². The van der Waals surface area contributed by atoms with Crippen LogP contribution in [-0.4, -0.2) is 44.8 Å². The zero-order valence-corrected chi connectivity index (χ0v) is 19.3. The Balaban J connectivity index is 1.70. The standard InChI is InChI=1S/C23H21N3O4S2/c1-26(2)32(28,29)21-14-15(12-13-19(21)30-3)22(27)24-17-9-5-4-8-16(17)23-25-18-10-6-7-11-20(18)31-23/h4-14H,1-3H3,(H,24,27). The van der Waals surface area contributed by atoms with Crippen LogP contribution in [0.5, 0.6) is 5.75 Å². The molecule has 0 aliphatic rings. The lowest BCUT2D eigenvalue weighted by molar-refractivity contribution is 0.102. The molecule has 0 spiro atoms. The molecule has 0 radical (unpaired) electrons. The highest BCUT2D eigenvalue weighted by molar-refractivity contribution is 7.89. The number of carbonyl (C=O) groups excluding carboxylic acids is 1. The van der Waals surface area contributed by atoms with E-state index in [0.717, 1.165) is 25.1 Å². The SMILES string of the molecule is COc1ccc(C(=O)Nc2ccccc2-c2nc3ccccc3s2)cc1S(=O)(=O)N(C)C. The summed E-state index contributed by atoms with van der Waals surface area (Å²) in [5, 5.41) is 3.68. The Labute approximate surface area is 190 Å². The largest absolute Gasteiger partial charge is 0.495 e. The predicted octanol–water partition coefficient (Wildman–Crippen LogP) is 4.47. The van der Waals surface area contributed by atoms with E-state index >= 15 is 0 Å². The number of amides is 1. The second kappa shape index (κ2) is 8.70. The molecule has 0 bridgehead atoms. The Kier molecular flexibility index (Phi) is 5.96. The molecule has 4 aromatic rings. The van der Waals surface area contributed by atoms with E-state index in [1.807, 2.05) is 42.5 Å². The number of methoxy groups -OCH3 is 1. The minimum absolute atomic E-state index is 0.0721. The van der Waals surface area contributed by atoms with E-state index in [-0.39, 0.29) is 16.2 Å². The molecular weight excluding hydrogens is 446 g/mol. The van der Waals surface area contributed by atoms with Crippen molar-refractivity contribution in [1.29, 1.82) is 0 Å². The van der Waals surface area contributed by atoms with E-state index in [1.165, 1.54) is 50.7 Å². The van der Waals surface area contributed by atoms with Crippen LogP contribution in [0.2, 0.25) is 0 Å². The number of rotatable bonds is 6. The molecule has 0 aliphatic carbocycles. The number of sulfonamides is 1. The third-order valence-corrected chi connectivity index (χ3v) is 7.79. The number of carbonyl (C=O) groups is 1. The molecule has 1 aromatic heterocycles. The molecule has 4 rings (SSSR count). The van der Waals surface area contributed by atoms with E-state index in [2.05, 4.69) is 10.3 Å². The molecule has 164 valence electrons. The van der Waals surface area contributed by atoms with Crippen LogP contribution >= 0.6 is 11.3 Å². The third kappa shape index (κ3) is 4.10. The average molecular weight is 468 g/mol. The van der Waals surface area contributed by atoms with Crippen molar-refractivity contribution < 1.29 is 17.9 Å². The summed E-state index contributed by atoms with van der Waals surface area (Å²) in [6.07, 6.45) is 0. The van der Waals surface area contributed by atoms with E-state index < -0.39 is 15.9 Å². The van der Waals surface area contributed by atoms with Gasteiger partial charge in [-0.1, -0.05) is 24.3 Å². The number of anilines is 1. The molecule has 7 nitrogen and oxygen atoms in total. The predicted molar refractivity (Wildman–Crippen MR) is 127 cm³/mol. The molecule has 3 aromatic carbocycles. The van der Waals surface area contributed by atoms with Gasteiger partial charge in [-0.05, 0) is 42.5 Å². The molecule has 1 heterocycles. The van der Waals surface area contributed by atoms with Gasteiger partial charge >= 0.3 is 0 Å². The molecule has 0 atom stereocenters. The summed E-state index contributed by atoms with van der Waals surface area (Å²) < 4.78 is 32.7. The number of hydrogen-bond donors (Lipinski definition) is 1. The van der Waals surface area contributed by atoms with Gasteiger partial charge in [0.15, 0.2) is 0 Å². The van der Waals surface area contributed by atoms with Gasteiger partial charge in [0, 0.05) is 25.2 Å². The van der Waals surface area contributed by atoms with Crippen LogP contribution in [0.3, 0.4) is 0 Å². The zero-order valence-electron chi connectivity index (χ0n) is 17.7. The lowest BCUT2D eigenvalue weighted by atomic mass is 10.1. The molecule has 9 heteroatoms. The van der Waals surface area contributed by atoms with E-state index in [0.29, 0.717) is 5.69 Å². The molecule has 1 amide bonds. The molecule has 0 fully saturated rings. The maximum Gasteiger partial charge on any atom is 0.255 e. The summed E-state index contributed by atoms with van der Waals surface area (Å²) in [5.74, 6) is -0.262. The van der Waals surface area contributed by atoms with Crippen LogP contribution in [-0.2, 0) is 10.0 Å². The van der Waals surface area contributed by atoms with Gasteiger partial charge in [-0.3, -0.25) is 4.79 Å². The van der Waals surface area contributed by atoms with Crippen LogP contribution in [0.4, 0.5) is 5.69 Å². The van der Waals surface area contributed by atoms with Crippen molar-refractivity contribution in [2.75, 3.05) is 26.5 Å². The number of nitrogens with one attached hydrogen (secondary N) is 1. The van der Waals surface area contributed by atoms with Crippen LogP contribution in [0.25, 0.3) is 20.8 Å². The highest BCUT2D eigenvalue weighted by Crippen LogP contribution is 2.35. The van der Waals surface area contributed by atoms with Crippen molar-refractivity contribution in [2.45, 2.75) is 4.90 Å². The second-order valence-corrected chi connectivity index (χ2v) is 10.3. The average Bonchev–Trinajstić information content (AvgIpc) is 3.23. The van der Waals surface area contributed by atoms with Gasteiger partial charge in [0.05, 0.1) is 23.0 Å². The lowest BCUT2D eigenvalue weighted by Gasteiger charge is -2.16. The molecule has 0 saturated carbocycles. The van der Waals surface area contributed by atoms with E-state index in [4.69, 9.17) is 4.74 Å². The monoisotopic (exact) mass is 467 g/mol. The summed E-state index contributed by atoms with van der Waals surface area (Å²) in [7, 11) is 0.445. The normalized spacial score (nSPS) is 11.6. The Hall–Kier alpha value is -3.27. The summed E-state index contributed by atoms with van der Waals surface area (Å²) in [4.78, 5) is 17.6. The maximum absolute atomic E-state index is 13.0. The first kappa shape index (κ1) is 21.9. The number of fused-ring (bicyclic) bond motifs is 1. The lowest BCUT2D eigenvalue weighted by Crippen LogP contribution is -2.23. The Morgan fingerprint density at radius 1 is 1.03 bits per heavy atom. The van der Waals surface area contributed by atoms with Crippen molar-refractivity contribution in [3.05, 3.63) is 72.3 Å². The van der Waals surface area contributed by atoms with Gasteiger partial charge in [-0.2, -0.15) is 0 Å². The summed E-state index contributed by atoms with van der Waals surface area (Å²) in [6, 6.07) is 19.6. The smallest absolute Gasteiger partial charge is 0.255 e. The minimum atomic E-state index is -3.79. The van der Waals surface area contributed by atoms with Crippen LogP contribution in [0.1, 0.15) is 10.4 Å². The van der Waals surface area contributed by atoms with Crippen molar-refractivity contribution in [2.24, 2.45) is 0 Å². The van der Waals surface area contributed by atoms with Crippen molar-refractivity contribution >= 4 is 43.2 Å². The number of benzene rings is 3. The van der Waals surface area contributed by atoms with Crippen molar-refractivity contribution in [3.8, 4) is 16.3 Å². The van der Waals surface area contributed by atoms with Gasteiger partial charge < -0.3 is 10.1 Å². The van der Waals surface area contributed by atoms with Crippen LogP contribution in [0, 0.1) is 0 Å². The molecule has 0 aliphatic heterocycles. The highest BCUT2D eigenvalue weighted by Gasteiger charge is 2.24. The fourth-order valence-electron chi connectivity index (χ4n) is 3.18. The van der Waals surface area contributed by atoms with Crippen LogP contribution in [0.15, 0.2) is 71.6 Å². The van der Waals surface area contributed by atoms with E-state index in [9.17, 15) is 13.2 Å². The third-order valence-electron chi connectivity index (χ3n) is 4.88. The highest BCUT2D eigenvalue weighted by atomic mass is 32.2. The van der Waals surface area contributed by atoms with Crippen molar-refractivity contribution in [3.63, 3.8) is 0 Å². The minimum Gasteiger partial charge on any atom is -0.495 e. The zero-order chi connectivity index (χ0) is 22.9. The molecule has 0 unspecified atom stereocenters. The molecule has 1 N–H and O–H groups in total. The van der Waals surface area contributed by atoms with Gasteiger partial charge in [0.2, 0.25) is 10.0 Å². The summed E-state index contributed by atoms with van der Waals surface area (Å²) in [5.41, 5.74) is 2.47. The van der Waals surface area contributed by atoms with Gasteiger partial charge in [0.25, 0.3) is 5.91 Å². The molecular formula is C23H21N3O4S2. The van der Waals surface area contributed by atoms with Crippen molar-refractivity contribution in [1.82, 2.24) is 9.29 Å². The topological polar surface area (TPSA) is 88.6 Å². The summed E-state index contributed by atoms with van der Waals surface area (Å²) >= 11 is 1.54. The first-order valence-electron chi connectivity index (χ1n) is 9.68. The fourth-order valence-corrected chi connectivity index (χ4v) is 5.26. The number of ether oxygens (including phenoxy) is 1. The van der Waals surface area contributed by atoms with Crippen LogP contribution < -0.4 is 10.1 Å². The number of thiazole rings is 1. The maximum atomic E-state index is 13.0. The number of para-hydroxylation sites is 2. The fraction of sp³-hybridized carbons (Fsp3) is 0.130. The number of nitrogens with zero attached hydrogens (tertiary/aromatic N) is 2. The first-order valence-corrected chi connectivity index (χ1v) is 11.9. The molecule has 0 saturated heterocycles. The number of aromatic nitrogens is 1. The summed E-state index contributed by atoms with van der Waals surface area (Å²) in [6.45, 7) is 0. The second-order valence-electron chi connectivity index (χ2n) is 7.14. The van der Waals surface area contributed by atoms with Gasteiger partial charge in [-0.25, -0.2) is 17.7 Å². The molecule has 32 heavy (non-hydrogen) atoms.